The highest BCUT2D eigenvalue weighted by Gasteiger charge is 2.32. The summed E-state index contributed by atoms with van der Waals surface area (Å²) >= 11 is 0. The number of anilines is 1. The molecule has 18 heavy (non-hydrogen) atoms. The number of hydrogen-bond donors (Lipinski definition) is 1. The number of aliphatic carboxylic acids is 1. The molecule has 0 saturated carbocycles. The predicted molar refractivity (Wildman–Crippen MR) is 65.4 cm³/mol. The Morgan fingerprint density at radius 3 is 2.39 bits per heavy atom. The number of sulfonamides is 1. The van der Waals surface area contributed by atoms with Gasteiger partial charge in [-0.25, -0.2) is 17.6 Å². The highest BCUT2D eigenvalue weighted by Crippen LogP contribution is 2.25. The van der Waals surface area contributed by atoms with Crippen LogP contribution in [-0.2, 0) is 14.8 Å². The van der Waals surface area contributed by atoms with E-state index in [0.717, 1.165) is 12.3 Å². The highest BCUT2D eigenvalue weighted by atomic mass is 32.2. The first-order chi connectivity index (χ1) is 8.29. The summed E-state index contributed by atoms with van der Waals surface area (Å²) in [5, 5.41) is 9.03. The highest BCUT2D eigenvalue weighted by molar-refractivity contribution is 7.92. The van der Waals surface area contributed by atoms with Gasteiger partial charge in [0.2, 0.25) is 10.0 Å². The minimum atomic E-state index is -3.88. The summed E-state index contributed by atoms with van der Waals surface area (Å²) in [6.07, 6.45) is 0.891. The zero-order valence-electron chi connectivity index (χ0n) is 10.00. The molecule has 7 heteroatoms. The Balaban J connectivity index is 3.41. The molecule has 1 atom stereocenters. The lowest BCUT2D eigenvalue weighted by molar-refractivity contribution is -0.138. The number of carbonyl (C=O) groups is 1. The maximum atomic E-state index is 13.6. The first-order valence-electron chi connectivity index (χ1n) is 5.25. The standard InChI is InChI=1S/C11H14FNO4S/c1-3-9(11(14)15)13(18(2,16)17)10-7-5-4-6-8(10)12/h4-7,9H,3H2,1-2H3,(H,14,15). The smallest absolute Gasteiger partial charge is 0.327 e. The van der Waals surface area contributed by atoms with Crippen LogP contribution >= 0.6 is 0 Å². The number of para-hydroxylation sites is 1. The first kappa shape index (κ1) is 14.4. The molecule has 1 aromatic carbocycles. The van der Waals surface area contributed by atoms with Crippen LogP contribution in [0.5, 0.6) is 0 Å². The van der Waals surface area contributed by atoms with E-state index in [0.29, 0.717) is 4.31 Å². The van der Waals surface area contributed by atoms with Gasteiger partial charge in [0.05, 0.1) is 11.9 Å². The second kappa shape index (κ2) is 5.34. The number of carboxylic acid groups (broad SMARTS) is 1. The second-order valence-electron chi connectivity index (χ2n) is 3.77. The van der Waals surface area contributed by atoms with Crippen LogP contribution in [0.25, 0.3) is 0 Å². The average Bonchev–Trinajstić information content (AvgIpc) is 2.25. The topological polar surface area (TPSA) is 74.7 Å². The Bertz CT molecular complexity index is 544. The van der Waals surface area contributed by atoms with Crippen molar-refractivity contribution < 1.29 is 22.7 Å². The number of nitrogens with zero attached hydrogens (tertiary/aromatic N) is 1. The molecular formula is C11H14FNO4S. The zero-order chi connectivity index (χ0) is 13.9. The minimum Gasteiger partial charge on any atom is -0.480 e. The van der Waals surface area contributed by atoms with Crippen LogP contribution in [0.2, 0.25) is 0 Å². The molecule has 0 radical (unpaired) electrons. The van der Waals surface area contributed by atoms with E-state index < -0.39 is 27.9 Å². The normalized spacial score (nSPS) is 13.1. The average molecular weight is 275 g/mol. The molecular weight excluding hydrogens is 261 g/mol. The molecule has 1 rings (SSSR count). The maximum Gasteiger partial charge on any atom is 0.327 e. The summed E-state index contributed by atoms with van der Waals surface area (Å²) in [5.74, 6) is -2.09. The van der Waals surface area contributed by atoms with E-state index in [1.54, 1.807) is 0 Å². The lowest BCUT2D eigenvalue weighted by Gasteiger charge is -2.28. The number of carboxylic acids is 1. The van der Waals surface area contributed by atoms with Crippen molar-refractivity contribution in [2.75, 3.05) is 10.6 Å². The monoisotopic (exact) mass is 275 g/mol. The van der Waals surface area contributed by atoms with Crippen molar-refractivity contribution in [3.8, 4) is 0 Å². The summed E-state index contributed by atoms with van der Waals surface area (Å²) < 4.78 is 37.6. The molecule has 0 aliphatic carbocycles. The lowest BCUT2D eigenvalue weighted by atomic mass is 10.2. The fraction of sp³-hybridized carbons (Fsp3) is 0.364. The molecule has 0 spiro atoms. The number of hydrogen-bond acceptors (Lipinski definition) is 3. The second-order valence-corrected chi connectivity index (χ2v) is 5.63. The van der Waals surface area contributed by atoms with Gasteiger partial charge >= 0.3 is 5.97 Å². The molecule has 1 aromatic rings. The Morgan fingerprint density at radius 1 is 1.44 bits per heavy atom. The van der Waals surface area contributed by atoms with Crippen molar-refractivity contribution in [1.82, 2.24) is 0 Å². The quantitative estimate of drug-likeness (QED) is 0.882. The summed E-state index contributed by atoms with van der Waals surface area (Å²) in [7, 11) is -3.88. The fourth-order valence-corrected chi connectivity index (χ4v) is 2.86. The molecule has 0 heterocycles. The van der Waals surface area contributed by atoms with Crippen LogP contribution in [0.1, 0.15) is 13.3 Å². The van der Waals surface area contributed by atoms with Crippen LogP contribution in [0.3, 0.4) is 0 Å². The Morgan fingerprint density at radius 2 is 2.00 bits per heavy atom. The predicted octanol–water partition coefficient (Wildman–Crippen LogP) is 1.45. The van der Waals surface area contributed by atoms with Crippen molar-refractivity contribution in [3.63, 3.8) is 0 Å². The molecule has 0 saturated heterocycles. The molecule has 100 valence electrons. The van der Waals surface area contributed by atoms with E-state index in [9.17, 15) is 17.6 Å². The number of halogens is 1. The summed E-state index contributed by atoms with van der Waals surface area (Å²) in [6, 6.07) is 3.85. The van der Waals surface area contributed by atoms with Gasteiger partial charge in [-0.2, -0.15) is 0 Å². The third-order valence-electron chi connectivity index (χ3n) is 2.40. The van der Waals surface area contributed by atoms with Crippen molar-refractivity contribution in [2.45, 2.75) is 19.4 Å². The summed E-state index contributed by atoms with van der Waals surface area (Å²) in [4.78, 5) is 11.1. The molecule has 0 amide bonds. The van der Waals surface area contributed by atoms with Crippen LogP contribution in [0.4, 0.5) is 10.1 Å². The van der Waals surface area contributed by atoms with Gasteiger partial charge < -0.3 is 5.11 Å². The van der Waals surface area contributed by atoms with Crippen LogP contribution in [-0.4, -0.2) is 31.8 Å². The van der Waals surface area contributed by atoms with Crippen molar-refractivity contribution in [1.29, 1.82) is 0 Å². The molecule has 0 fully saturated rings. The Labute approximate surface area is 105 Å². The molecule has 1 unspecified atom stereocenters. The number of rotatable bonds is 5. The van der Waals surface area contributed by atoms with Gasteiger partial charge in [0.15, 0.2) is 0 Å². The van der Waals surface area contributed by atoms with Crippen LogP contribution in [0.15, 0.2) is 24.3 Å². The largest absolute Gasteiger partial charge is 0.480 e. The van der Waals surface area contributed by atoms with Crippen LogP contribution in [0, 0.1) is 5.82 Å². The van der Waals surface area contributed by atoms with E-state index >= 15 is 0 Å². The molecule has 5 nitrogen and oxygen atoms in total. The van der Waals surface area contributed by atoms with Gasteiger partial charge in [-0.15, -0.1) is 0 Å². The van der Waals surface area contributed by atoms with E-state index in [2.05, 4.69) is 0 Å². The van der Waals surface area contributed by atoms with E-state index in [1.807, 2.05) is 0 Å². The van der Waals surface area contributed by atoms with E-state index in [4.69, 9.17) is 5.11 Å². The molecule has 1 N–H and O–H groups in total. The van der Waals surface area contributed by atoms with Gasteiger partial charge in [-0.3, -0.25) is 4.31 Å². The number of benzene rings is 1. The van der Waals surface area contributed by atoms with Gasteiger partial charge in [0.25, 0.3) is 0 Å². The first-order valence-corrected chi connectivity index (χ1v) is 7.10. The van der Waals surface area contributed by atoms with Gasteiger partial charge in [0, 0.05) is 0 Å². The minimum absolute atomic E-state index is 0.0384. The van der Waals surface area contributed by atoms with Crippen molar-refractivity contribution in [3.05, 3.63) is 30.1 Å². The molecule has 0 aromatic heterocycles. The molecule has 0 aliphatic heterocycles. The SMILES string of the molecule is CCC(C(=O)O)N(c1ccccc1F)S(C)(=O)=O. The van der Waals surface area contributed by atoms with Crippen LogP contribution < -0.4 is 4.31 Å². The molecule has 0 aliphatic rings. The van der Waals surface area contributed by atoms with Gasteiger partial charge in [-0.05, 0) is 18.6 Å². The summed E-state index contributed by atoms with van der Waals surface area (Å²) in [5.41, 5.74) is -0.255. The Hall–Kier alpha value is -1.63. The van der Waals surface area contributed by atoms with Gasteiger partial charge in [-0.1, -0.05) is 19.1 Å². The van der Waals surface area contributed by atoms with Crippen molar-refractivity contribution in [2.24, 2.45) is 0 Å². The summed E-state index contributed by atoms with van der Waals surface area (Å²) in [6.45, 7) is 1.53. The molecule has 0 bridgehead atoms. The zero-order valence-corrected chi connectivity index (χ0v) is 10.8. The third-order valence-corrected chi connectivity index (χ3v) is 3.57. The van der Waals surface area contributed by atoms with E-state index in [-0.39, 0.29) is 12.1 Å². The fourth-order valence-electron chi connectivity index (χ4n) is 1.65. The third kappa shape index (κ3) is 2.98. The Kier molecular flexibility index (Phi) is 4.28. The van der Waals surface area contributed by atoms with Gasteiger partial charge in [0.1, 0.15) is 11.9 Å². The maximum absolute atomic E-state index is 13.6. The van der Waals surface area contributed by atoms with Crippen molar-refractivity contribution >= 4 is 21.7 Å². The lowest BCUT2D eigenvalue weighted by Crippen LogP contribution is -2.44. The van der Waals surface area contributed by atoms with E-state index in [1.165, 1.54) is 25.1 Å².